The standard InChI is InChI=1S/C28H24F4N4O2S/c1-3-18-6-9-20(10-7-18)36-26(34-25-21(27(36)38)5-4-12-33-25)17(2)35(13-14-39)24(37)16-19-8-11-22(23(29)15-19)28(30,31)32/h3-12,15,17,39H,1,13-14,16H2,2H3. The van der Waals surface area contributed by atoms with Gasteiger partial charge >= 0.3 is 6.18 Å². The molecule has 39 heavy (non-hydrogen) atoms. The number of nitrogens with zero attached hydrogens (tertiary/aromatic N) is 4. The van der Waals surface area contributed by atoms with Crippen LogP contribution in [-0.2, 0) is 17.4 Å². The molecular weight excluding hydrogens is 532 g/mol. The lowest BCUT2D eigenvalue weighted by atomic mass is 10.1. The molecule has 1 unspecified atom stereocenters. The van der Waals surface area contributed by atoms with Crippen molar-refractivity contribution in [3.63, 3.8) is 0 Å². The molecule has 0 aliphatic rings. The van der Waals surface area contributed by atoms with E-state index < -0.39 is 29.5 Å². The van der Waals surface area contributed by atoms with Gasteiger partial charge in [-0.2, -0.15) is 25.8 Å². The summed E-state index contributed by atoms with van der Waals surface area (Å²) in [4.78, 5) is 37.3. The van der Waals surface area contributed by atoms with Gasteiger partial charge in [0.05, 0.1) is 29.1 Å². The van der Waals surface area contributed by atoms with Crippen LogP contribution in [0.15, 0.2) is 72.2 Å². The molecule has 0 N–H and O–H groups in total. The number of carbonyl (C=O) groups excluding carboxylic acids is 1. The van der Waals surface area contributed by atoms with Crippen molar-refractivity contribution in [3.8, 4) is 5.69 Å². The smallest absolute Gasteiger partial charge is 0.332 e. The molecule has 1 atom stereocenters. The van der Waals surface area contributed by atoms with Crippen LogP contribution in [0, 0.1) is 5.82 Å². The second-order valence-electron chi connectivity index (χ2n) is 8.76. The topological polar surface area (TPSA) is 68.1 Å². The maximum absolute atomic E-state index is 14.1. The Morgan fingerprint density at radius 1 is 1.18 bits per heavy atom. The lowest BCUT2D eigenvalue weighted by Crippen LogP contribution is -2.39. The fourth-order valence-electron chi connectivity index (χ4n) is 4.28. The number of aromatic nitrogens is 3. The largest absolute Gasteiger partial charge is 0.419 e. The number of alkyl halides is 3. The maximum atomic E-state index is 14.1. The zero-order valence-corrected chi connectivity index (χ0v) is 21.7. The van der Waals surface area contributed by atoms with Crippen molar-refractivity contribution in [3.05, 3.63) is 106 Å². The zero-order valence-electron chi connectivity index (χ0n) is 20.8. The Labute approximate surface area is 227 Å². The Morgan fingerprint density at radius 3 is 2.51 bits per heavy atom. The Bertz CT molecular complexity index is 1590. The number of fused-ring (bicyclic) bond motifs is 1. The van der Waals surface area contributed by atoms with Crippen LogP contribution < -0.4 is 5.56 Å². The SMILES string of the molecule is C=Cc1ccc(-n2c(C(C)N(CCS)C(=O)Cc3ccc(C(F)(F)F)c(F)c3)nc3ncccc3c2=O)cc1. The molecule has 0 fully saturated rings. The highest BCUT2D eigenvalue weighted by atomic mass is 32.1. The highest BCUT2D eigenvalue weighted by Crippen LogP contribution is 2.32. The fraction of sp³-hybridized carbons (Fsp3) is 0.214. The molecule has 6 nitrogen and oxygen atoms in total. The third-order valence-corrected chi connectivity index (χ3v) is 6.45. The lowest BCUT2D eigenvalue weighted by Gasteiger charge is -2.30. The summed E-state index contributed by atoms with van der Waals surface area (Å²) in [6.07, 6.45) is -2.04. The number of amides is 1. The van der Waals surface area contributed by atoms with E-state index in [1.807, 2.05) is 0 Å². The van der Waals surface area contributed by atoms with Crippen LogP contribution in [0.4, 0.5) is 17.6 Å². The van der Waals surface area contributed by atoms with E-state index in [-0.39, 0.29) is 46.7 Å². The van der Waals surface area contributed by atoms with Crippen LogP contribution in [-0.4, -0.2) is 37.6 Å². The normalized spacial score (nSPS) is 12.4. The minimum atomic E-state index is -4.84. The molecule has 0 spiro atoms. The molecule has 4 rings (SSSR count). The Balaban J connectivity index is 1.77. The molecule has 0 aliphatic heterocycles. The summed E-state index contributed by atoms with van der Waals surface area (Å²) in [6.45, 7) is 5.55. The quantitative estimate of drug-likeness (QED) is 0.225. The average molecular weight is 557 g/mol. The number of halogens is 4. The molecule has 0 saturated heterocycles. The van der Waals surface area contributed by atoms with E-state index in [1.54, 1.807) is 49.4 Å². The van der Waals surface area contributed by atoms with E-state index in [2.05, 4.69) is 29.2 Å². The summed E-state index contributed by atoms with van der Waals surface area (Å²) in [7, 11) is 0. The fourth-order valence-corrected chi connectivity index (χ4v) is 4.50. The first-order chi connectivity index (χ1) is 18.5. The molecule has 0 bridgehead atoms. The van der Waals surface area contributed by atoms with Gasteiger partial charge in [0.15, 0.2) is 5.65 Å². The summed E-state index contributed by atoms with van der Waals surface area (Å²) in [5.41, 5.74) is -0.164. The van der Waals surface area contributed by atoms with Gasteiger partial charge in [0.1, 0.15) is 11.6 Å². The minimum absolute atomic E-state index is 0.0763. The predicted molar refractivity (Wildman–Crippen MR) is 144 cm³/mol. The lowest BCUT2D eigenvalue weighted by molar-refractivity contribution is -0.140. The Morgan fingerprint density at radius 2 is 1.90 bits per heavy atom. The van der Waals surface area contributed by atoms with E-state index in [0.717, 1.165) is 11.6 Å². The molecule has 0 aliphatic carbocycles. The molecule has 2 aromatic carbocycles. The molecule has 2 aromatic heterocycles. The minimum Gasteiger partial charge on any atom is -0.332 e. The van der Waals surface area contributed by atoms with Crippen molar-refractivity contribution in [1.82, 2.24) is 19.4 Å². The number of pyridine rings is 1. The van der Waals surface area contributed by atoms with Crippen LogP contribution in [0.5, 0.6) is 0 Å². The monoisotopic (exact) mass is 556 g/mol. The summed E-state index contributed by atoms with van der Waals surface area (Å²) in [5, 5.41) is 0.286. The summed E-state index contributed by atoms with van der Waals surface area (Å²) in [6, 6.07) is 11.9. The third kappa shape index (κ3) is 5.88. The number of hydrogen-bond acceptors (Lipinski definition) is 5. The zero-order chi connectivity index (χ0) is 28.3. The van der Waals surface area contributed by atoms with Gasteiger partial charge in [-0.15, -0.1) is 0 Å². The van der Waals surface area contributed by atoms with Crippen molar-refractivity contribution in [2.45, 2.75) is 25.6 Å². The first-order valence-corrected chi connectivity index (χ1v) is 12.5. The molecule has 202 valence electrons. The van der Waals surface area contributed by atoms with E-state index in [9.17, 15) is 27.2 Å². The average Bonchev–Trinajstić information content (AvgIpc) is 2.90. The molecule has 4 aromatic rings. The number of hydrogen-bond donors (Lipinski definition) is 1. The summed E-state index contributed by atoms with van der Waals surface area (Å²) < 4.78 is 54.4. The number of thiol groups is 1. The summed E-state index contributed by atoms with van der Waals surface area (Å²) >= 11 is 4.26. The van der Waals surface area contributed by atoms with Crippen molar-refractivity contribution < 1.29 is 22.4 Å². The second kappa shape index (κ2) is 11.4. The van der Waals surface area contributed by atoms with Gasteiger partial charge in [0, 0.05) is 18.5 Å². The van der Waals surface area contributed by atoms with Gasteiger partial charge in [-0.3, -0.25) is 14.2 Å². The molecule has 0 radical (unpaired) electrons. The van der Waals surface area contributed by atoms with Crippen molar-refractivity contribution in [2.24, 2.45) is 0 Å². The second-order valence-corrected chi connectivity index (χ2v) is 9.20. The number of benzene rings is 2. The molecule has 1 amide bonds. The maximum Gasteiger partial charge on any atom is 0.419 e. The Kier molecular flexibility index (Phi) is 8.19. The van der Waals surface area contributed by atoms with E-state index in [4.69, 9.17) is 0 Å². The van der Waals surface area contributed by atoms with Gasteiger partial charge in [0.25, 0.3) is 5.56 Å². The van der Waals surface area contributed by atoms with Gasteiger partial charge in [0.2, 0.25) is 5.91 Å². The van der Waals surface area contributed by atoms with Gasteiger partial charge in [-0.05, 0) is 54.4 Å². The van der Waals surface area contributed by atoms with Gasteiger partial charge in [-0.1, -0.05) is 30.9 Å². The Hall–Kier alpha value is -3.99. The number of carbonyl (C=O) groups is 1. The van der Waals surface area contributed by atoms with Crippen LogP contribution in [0.25, 0.3) is 22.8 Å². The van der Waals surface area contributed by atoms with Crippen LogP contribution in [0.2, 0.25) is 0 Å². The first-order valence-electron chi connectivity index (χ1n) is 11.9. The van der Waals surface area contributed by atoms with Crippen LogP contribution >= 0.6 is 12.6 Å². The first kappa shape index (κ1) is 28.0. The van der Waals surface area contributed by atoms with Crippen LogP contribution in [0.3, 0.4) is 0 Å². The highest BCUT2D eigenvalue weighted by molar-refractivity contribution is 7.80. The molecular formula is C28H24F4N4O2S. The molecule has 2 heterocycles. The highest BCUT2D eigenvalue weighted by Gasteiger charge is 2.34. The molecule has 11 heteroatoms. The third-order valence-electron chi connectivity index (χ3n) is 6.25. The van der Waals surface area contributed by atoms with Crippen LogP contribution in [0.1, 0.15) is 35.5 Å². The van der Waals surface area contributed by atoms with Gasteiger partial charge in [-0.25, -0.2) is 14.4 Å². The van der Waals surface area contributed by atoms with E-state index in [1.165, 1.54) is 15.7 Å². The van der Waals surface area contributed by atoms with Crippen molar-refractivity contribution in [1.29, 1.82) is 0 Å². The summed E-state index contributed by atoms with van der Waals surface area (Å²) in [5.74, 6) is -1.48. The predicted octanol–water partition coefficient (Wildman–Crippen LogP) is 5.64. The van der Waals surface area contributed by atoms with Crippen molar-refractivity contribution >= 4 is 35.6 Å². The molecule has 0 saturated carbocycles. The van der Waals surface area contributed by atoms with E-state index in [0.29, 0.717) is 17.8 Å². The van der Waals surface area contributed by atoms with Crippen molar-refractivity contribution in [2.75, 3.05) is 12.3 Å². The number of rotatable bonds is 8. The van der Waals surface area contributed by atoms with Gasteiger partial charge < -0.3 is 4.90 Å². The van der Waals surface area contributed by atoms with E-state index >= 15 is 0 Å².